The first-order valence-electron chi connectivity index (χ1n) is 8.53. The molecule has 2 heterocycles. The van der Waals surface area contributed by atoms with Gasteiger partial charge in [-0.3, -0.25) is 4.79 Å². The van der Waals surface area contributed by atoms with Crippen molar-refractivity contribution in [1.29, 1.82) is 0 Å². The zero-order chi connectivity index (χ0) is 17.2. The molecule has 0 radical (unpaired) electrons. The van der Waals surface area contributed by atoms with Crippen LogP contribution in [0.1, 0.15) is 31.2 Å². The number of hydrogen-bond acceptors (Lipinski definition) is 3. The van der Waals surface area contributed by atoms with Crippen LogP contribution in [0.4, 0.5) is 0 Å². The van der Waals surface area contributed by atoms with E-state index in [-0.39, 0.29) is 11.8 Å². The summed E-state index contributed by atoms with van der Waals surface area (Å²) in [5.74, 6) is 0.165. The molecule has 1 aromatic carbocycles. The summed E-state index contributed by atoms with van der Waals surface area (Å²) in [4.78, 5) is 15.1. The number of carbonyl (C=O) groups is 1. The van der Waals surface area contributed by atoms with Crippen molar-refractivity contribution in [3.05, 3.63) is 33.8 Å². The summed E-state index contributed by atoms with van der Waals surface area (Å²) < 4.78 is 5.53. The van der Waals surface area contributed by atoms with E-state index in [1.807, 2.05) is 12.1 Å². The van der Waals surface area contributed by atoms with E-state index >= 15 is 0 Å². The molecule has 6 heteroatoms. The largest absolute Gasteiger partial charge is 0.381 e. The number of likely N-dealkylation sites (tertiary alicyclic amines) is 1. The van der Waals surface area contributed by atoms with Gasteiger partial charge in [-0.25, -0.2) is 0 Å². The topological polar surface area (TPSA) is 41.6 Å². The Bertz CT molecular complexity index is 582. The molecule has 0 saturated carbocycles. The van der Waals surface area contributed by atoms with Gasteiger partial charge in [0.2, 0.25) is 5.91 Å². The summed E-state index contributed by atoms with van der Waals surface area (Å²) in [6.45, 7) is 3.12. The highest BCUT2D eigenvalue weighted by molar-refractivity contribution is 6.34. The van der Waals surface area contributed by atoms with Crippen molar-refractivity contribution in [2.45, 2.75) is 31.2 Å². The van der Waals surface area contributed by atoms with E-state index in [0.29, 0.717) is 23.3 Å². The van der Waals surface area contributed by atoms with Crippen LogP contribution < -0.4 is 5.32 Å². The molecule has 0 aliphatic carbocycles. The van der Waals surface area contributed by atoms with Crippen LogP contribution in [-0.4, -0.2) is 44.2 Å². The van der Waals surface area contributed by atoms with E-state index in [1.165, 1.54) is 0 Å². The van der Waals surface area contributed by atoms with E-state index in [1.54, 1.807) is 6.07 Å². The number of piperidine rings is 1. The zero-order valence-electron chi connectivity index (χ0n) is 14.0. The lowest BCUT2D eigenvalue weighted by Gasteiger charge is -2.40. The standard InChI is InChI=1S/C18H24Cl2N2O2/c1-22-6-2-3-13(12-22)17(23)21-18(4-7-24-8-5-18)14-9-15(19)11-16(20)10-14/h9-11,13H,2-8,12H2,1H3,(H,21,23). The summed E-state index contributed by atoms with van der Waals surface area (Å²) >= 11 is 12.4. The SMILES string of the molecule is CN1CCCC(C(=O)NC2(c3cc(Cl)cc(Cl)c3)CCOCC2)C1. The average molecular weight is 371 g/mol. The van der Waals surface area contributed by atoms with Crippen LogP contribution in [0.2, 0.25) is 10.0 Å². The maximum atomic E-state index is 12.9. The normalized spacial score (nSPS) is 24.5. The number of benzene rings is 1. The van der Waals surface area contributed by atoms with Gasteiger partial charge in [-0.15, -0.1) is 0 Å². The van der Waals surface area contributed by atoms with Crippen LogP contribution in [-0.2, 0) is 15.1 Å². The highest BCUT2D eigenvalue weighted by Crippen LogP contribution is 2.36. The zero-order valence-corrected chi connectivity index (χ0v) is 15.5. The predicted molar refractivity (Wildman–Crippen MR) is 96.6 cm³/mol. The van der Waals surface area contributed by atoms with E-state index < -0.39 is 5.54 Å². The molecule has 1 atom stereocenters. The van der Waals surface area contributed by atoms with Crippen LogP contribution >= 0.6 is 23.2 Å². The highest BCUT2D eigenvalue weighted by atomic mass is 35.5. The highest BCUT2D eigenvalue weighted by Gasteiger charge is 2.38. The molecule has 0 spiro atoms. The Hall–Kier alpha value is -0.810. The molecule has 3 rings (SSSR count). The Labute approximate surface area is 153 Å². The molecule has 4 nitrogen and oxygen atoms in total. The molecule has 132 valence electrons. The van der Waals surface area contributed by atoms with Crippen LogP contribution in [0, 0.1) is 5.92 Å². The minimum atomic E-state index is -0.445. The lowest BCUT2D eigenvalue weighted by molar-refractivity contribution is -0.130. The van der Waals surface area contributed by atoms with Gasteiger partial charge in [0.05, 0.1) is 11.5 Å². The quantitative estimate of drug-likeness (QED) is 0.885. The van der Waals surface area contributed by atoms with Gasteiger partial charge in [0.1, 0.15) is 0 Å². The van der Waals surface area contributed by atoms with Crippen LogP contribution in [0.15, 0.2) is 18.2 Å². The molecule has 2 saturated heterocycles. The number of rotatable bonds is 3. The third-order valence-electron chi connectivity index (χ3n) is 5.12. The van der Waals surface area contributed by atoms with Gasteiger partial charge in [0.15, 0.2) is 0 Å². The molecule has 2 fully saturated rings. The second kappa shape index (κ2) is 7.61. The van der Waals surface area contributed by atoms with Gasteiger partial charge in [-0.05, 0) is 63.0 Å². The van der Waals surface area contributed by atoms with E-state index in [4.69, 9.17) is 27.9 Å². The van der Waals surface area contributed by atoms with Crippen molar-refractivity contribution >= 4 is 29.1 Å². The van der Waals surface area contributed by atoms with E-state index in [9.17, 15) is 4.79 Å². The molecule has 1 amide bonds. The lowest BCUT2D eigenvalue weighted by Crippen LogP contribution is -2.53. The number of hydrogen-bond donors (Lipinski definition) is 1. The third kappa shape index (κ3) is 4.05. The minimum Gasteiger partial charge on any atom is -0.381 e. The van der Waals surface area contributed by atoms with E-state index in [2.05, 4.69) is 17.3 Å². The molecule has 1 aromatic rings. The molecule has 2 aliphatic rings. The third-order valence-corrected chi connectivity index (χ3v) is 5.56. The van der Waals surface area contributed by atoms with Crippen molar-refractivity contribution in [2.24, 2.45) is 5.92 Å². The van der Waals surface area contributed by atoms with Gasteiger partial charge in [-0.1, -0.05) is 23.2 Å². The Kier molecular flexibility index (Phi) is 5.70. The monoisotopic (exact) mass is 370 g/mol. The number of halogens is 2. The number of ether oxygens (including phenoxy) is 1. The Morgan fingerprint density at radius 3 is 2.54 bits per heavy atom. The van der Waals surface area contributed by atoms with Crippen LogP contribution in [0.3, 0.4) is 0 Å². The smallest absolute Gasteiger partial charge is 0.225 e. The van der Waals surface area contributed by atoms with Gasteiger partial charge in [0, 0.05) is 29.8 Å². The molecule has 2 aliphatic heterocycles. The second-order valence-electron chi connectivity index (χ2n) is 6.94. The minimum absolute atomic E-state index is 0.0399. The van der Waals surface area contributed by atoms with Crippen LogP contribution in [0.25, 0.3) is 0 Å². The summed E-state index contributed by atoms with van der Waals surface area (Å²) in [7, 11) is 2.07. The van der Waals surface area contributed by atoms with E-state index in [0.717, 1.165) is 44.3 Å². The van der Waals surface area contributed by atoms with Gasteiger partial charge in [0.25, 0.3) is 0 Å². The van der Waals surface area contributed by atoms with Gasteiger partial charge in [-0.2, -0.15) is 0 Å². The maximum absolute atomic E-state index is 12.9. The molecule has 1 N–H and O–H groups in total. The fourth-order valence-corrected chi connectivity index (χ4v) is 4.28. The van der Waals surface area contributed by atoms with Crippen molar-refractivity contribution in [1.82, 2.24) is 10.2 Å². The molecular weight excluding hydrogens is 347 g/mol. The maximum Gasteiger partial charge on any atom is 0.225 e. The molecule has 0 bridgehead atoms. The first-order valence-corrected chi connectivity index (χ1v) is 9.29. The first kappa shape index (κ1) is 18.0. The lowest BCUT2D eigenvalue weighted by atomic mass is 9.81. The summed E-state index contributed by atoms with van der Waals surface area (Å²) in [5.41, 5.74) is 0.528. The van der Waals surface area contributed by atoms with Crippen molar-refractivity contribution in [3.63, 3.8) is 0 Å². The number of carbonyl (C=O) groups excluding carboxylic acids is 1. The Morgan fingerprint density at radius 2 is 1.92 bits per heavy atom. The summed E-state index contributed by atoms with van der Waals surface area (Å²) in [6.07, 6.45) is 3.47. The summed E-state index contributed by atoms with van der Waals surface area (Å²) in [6, 6.07) is 5.54. The number of nitrogens with zero attached hydrogens (tertiary/aromatic N) is 1. The van der Waals surface area contributed by atoms with Crippen molar-refractivity contribution < 1.29 is 9.53 Å². The molecule has 24 heavy (non-hydrogen) atoms. The first-order chi connectivity index (χ1) is 11.5. The Morgan fingerprint density at radius 1 is 1.25 bits per heavy atom. The second-order valence-corrected chi connectivity index (χ2v) is 7.82. The van der Waals surface area contributed by atoms with Gasteiger partial charge < -0.3 is 15.0 Å². The fourth-order valence-electron chi connectivity index (χ4n) is 3.75. The van der Waals surface area contributed by atoms with Crippen LogP contribution in [0.5, 0.6) is 0 Å². The number of nitrogens with one attached hydrogen (secondary N) is 1. The Balaban J connectivity index is 1.84. The molecule has 1 unspecified atom stereocenters. The summed E-state index contributed by atoms with van der Waals surface area (Å²) in [5, 5.41) is 4.52. The molecule has 0 aromatic heterocycles. The molecular formula is C18H24Cl2N2O2. The predicted octanol–water partition coefficient (Wildman–Crippen LogP) is 3.46. The number of amides is 1. The van der Waals surface area contributed by atoms with Gasteiger partial charge >= 0.3 is 0 Å². The van der Waals surface area contributed by atoms with Crippen molar-refractivity contribution in [2.75, 3.05) is 33.4 Å². The average Bonchev–Trinajstić information content (AvgIpc) is 2.55. The van der Waals surface area contributed by atoms with Crippen molar-refractivity contribution in [3.8, 4) is 0 Å². The fraction of sp³-hybridized carbons (Fsp3) is 0.611.